The summed E-state index contributed by atoms with van der Waals surface area (Å²) in [6.45, 7) is 4.33. The normalized spacial score (nSPS) is 11.3. The molecule has 298 valence electrons. The molecule has 0 aliphatic rings. The molecule has 0 N–H and O–H groups in total. The Labute approximate surface area is 365 Å². The van der Waals surface area contributed by atoms with E-state index in [0.29, 0.717) is 23.3 Å². The fourth-order valence-electron chi connectivity index (χ4n) is 8.60. The van der Waals surface area contributed by atoms with Crippen LogP contribution in [0.4, 0.5) is 0 Å². The van der Waals surface area contributed by atoms with E-state index < -0.39 is 0 Å². The van der Waals surface area contributed by atoms with Gasteiger partial charge in [0.05, 0.1) is 28.1 Å². The fraction of sp³-hybridized carbons (Fsp3) is 0.0351. The van der Waals surface area contributed by atoms with Crippen molar-refractivity contribution >= 4 is 21.8 Å². The third-order valence-electron chi connectivity index (χ3n) is 11.7. The molecule has 0 aliphatic heterocycles. The zero-order valence-corrected chi connectivity index (χ0v) is 34.8. The maximum atomic E-state index is 5.31. The second-order valence-electron chi connectivity index (χ2n) is 15.9. The minimum atomic E-state index is 0.552. The van der Waals surface area contributed by atoms with Crippen LogP contribution >= 0.6 is 0 Å². The lowest BCUT2D eigenvalue weighted by Crippen LogP contribution is -2.04. The second kappa shape index (κ2) is 15.9. The van der Waals surface area contributed by atoms with Crippen molar-refractivity contribution in [1.29, 1.82) is 0 Å². The first kappa shape index (κ1) is 37.6. The first-order valence-electron chi connectivity index (χ1n) is 21.2. The quantitative estimate of drug-likeness (QED) is 0.153. The SMILES string of the molecule is Cc1ccc(-c2ccc3c4ccccc4n(-c4ccc(-c5cc(-c6ccccc6)nc(-c6ccccc6)n5)cc4-c4nc(-c5ccccc5)nc(-c5ccccc5)n4)c3c2)c(C)c1. The standard InChI is InChI=1S/C57H40N6/c1-37-27-30-45(38(2)33-37)43-28-31-47-46-25-15-16-26-51(46)63(53(47)35-43)52-32-29-44(50-36-49(39-17-7-3-8-18-39)58-54(59-50)40-19-9-4-10-20-40)34-48(52)57-61-55(41-21-11-5-12-22-41)60-56(62-57)42-23-13-6-14-24-42/h3-36H,1-2H3. The summed E-state index contributed by atoms with van der Waals surface area (Å²) in [5.74, 6) is 2.39. The van der Waals surface area contributed by atoms with E-state index in [-0.39, 0.29) is 0 Å². The topological polar surface area (TPSA) is 69.4 Å². The minimum Gasteiger partial charge on any atom is -0.308 e. The van der Waals surface area contributed by atoms with Crippen LogP contribution in [0.2, 0.25) is 0 Å². The molecule has 0 bridgehead atoms. The third kappa shape index (κ3) is 7.13. The molecule has 0 saturated heterocycles. The molecule has 3 aromatic heterocycles. The molecule has 8 aromatic carbocycles. The van der Waals surface area contributed by atoms with E-state index in [1.165, 1.54) is 16.7 Å². The lowest BCUT2D eigenvalue weighted by atomic mass is 9.97. The number of hydrogen-bond acceptors (Lipinski definition) is 5. The summed E-state index contributed by atoms with van der Waals surface area (Å²) >= 11 is 0. The van der Waals surface area contributed by atoms with Gasteiger partial charge < -0.3 is 4.57 Å². The molecule has 0 atom stereocenters. The van der Waals surface area contributed by atoms with E-state index in [0.717, 1.165) is 77.8 Å². The fourth-order valence-corrected chi connectivity index (χ4v) is 8.60. The van der Waals surface area contributed by atoms with Crippen LogP contribution in [-0.4, -0.2) is 29.5 Å². The highest BCUT2D eigenvalue weighted by Gasteiger charge is 2.22. The molecule has 6 nitrogen and oxygen atoms in total. The molecule has 63 heavy (non-hydrogen) atoms. The molecule has 0 aliphatic carbocycles. The number of aryl methyl sites for hydroxylation is 2. The average molecular weight is 809 g/mol. The summed E-state index contributed by atoms with van der Waals surface area (Å²) in [5, 5.41) is 2.33. The Morgan fingerprint density at radius 1 is 0.317 bits per heavy atom. The lowest BCUT2D eigenvalue weighted by Gasteiger charge is -2.17. The van der Waals surface area contributed by atoms with Gasteiger partial charge in [-0.3, -0.25) is 0 Å². The van der Waals surface area contributed by atoms with Gasteiger partial charge in [0.2, 0.25) is 0 Å². The van der Waals surface area contributed by atoms with E-state index in [9.17, 15) is 0 Å². The molecule has 0 unspecified atom stereocenters. The van der Waals surface area contributed by atoms with Gasteiger partial charge in [0, 0.05) is 44.2 Å². The number of benzene rings is 8. The highest BCUT2D eigenvalue weighted by molar-refractivity contribution is 6.11. The van der Waals surface area contributed by atoms with Gasteiger partial charge in [0.15, 0.2) is 23.3 Å². The van der Waals surface area contributed by atoms with Gasteiger partial charge in [-0.1, -0.05) is 181 Å². The number of nitrogens with zero attached hydrogens (tertiary/aromatic N) is 6. The third-order valence-corrected chi connectivity index (χ3v) is 11.7. The van der Waals surface area contributed by atoms with Gasteiger partial charge in [-0.15, -0.1) is 0 Å². The van der Waals surface area contributed by atoms with Crippen molar-refractivity contribution in [1.82, 2.24) is 29.5 Å². The Hall–Kier alpha value is -8.35. The molecule has 0 fully saturated rings. The summed E-state index contributed by atoms with van der Waals surface area (Å²) in [6, 6.07) is 71.5. The molecule has 6 heteroatoms. The zero-order valence-electron chi connectivity index (χ0n) is 34.8. The van der Waals surface area contributed by atoms with Crippen molar-refractivity contribution in [2.24, 2.45) is 0 Å². The van der Waals surface area contributed by atoms with Gasteiger partial charge in [-0.25, -0.2) is 24.9 Å². The largest absolute Gasteiger partial charge is 0.308 e. The van der Waals surface area contributed by atoms with Gasteiger partial charge in [0.25, 0.3) is 0 Å². The molecular weight excluding hydrogens is 769 g/mol. The van der Waals surface area contributed by atoms with Gasteiger partial charge in [0.1, 0.15) is 0 Å². The average Bonchev–Trinajstić information content (AvgIpc) is 3.68. The molecule has 11 aromatic rings. The van der Waals surface area contributed by atoms with Gasteiger partial charge >= 0.3 is 0 Å². The smallest absolute Gasteiger partial charge is 0.166 e. The maximum Gasteiger partial charge on any atom is 0.166 e. The van der Waals surface area contributed by atoms with Crippen LogP contribution in [0.15, 0.2) is 206 Å². The Bertz CT molecular complexity index is 3340. The van der Waals surface area contributed by atoms with E-state index in [2.05, 4.69) is 128 Å². The van der Waals surface area contributed by atoms with Crippen molar-refractivity contribution in [3.63, 3.8) is 0 Å². The Balaban J connectivity index is 1.21. The van der Waals surface area contributed by atoms with Crippen LogP contribution in [0.5, 0.6) is 0 Å². The van der Waals surface area contributed by atoms with E-state index in [1.807, 2.05) is 97.1 Å². The van der Waals surface area contributed by atoms with Crippen molar-refractivity contribution in [2.45, 2.75) is 13.8 Å². The van der Waals surface area contributed by atoms with Crippen molar-refractivity contribution in [3.05, 3.63) is 217 Å². The zero-order chi connectivity index (χ0) is 42.3. The molecule has 0 saturated carbocycles. The Morgan fingerprint density at radius 3 is 1.44 bits per heavy atom. The molecule has 0 radical (unpaired) electrons. The number of para-hydroxylation sites is 1. The second-order valence-corrected chi connectivity index (χ2v) is 15.9. The summed E-state index contributed by atoms with van der Waals surface area (Å²) in [6.07, 6.45) is 0. The van der Waals surface area contributed by atoms with E-state index >= 15 is 0 Å². The first-order valence-corrected chi connectivity index (χ1v) is 21.2. The van der Waals surface area contributed by atoms with Gasteiger partial charge in [-0.2, -0.15) is 0 Å². The van der Waals surface area contributed by atoms with Crippen LogP contribution in [0, 0.1) is 13.8 Å². The van der Waals surface area contributed by atoms with Crippen LogP contribution in [0.1, 0.15) is 11.1 Å². The summed E-state index contributed by atoms with van der Waals surface area (Å²) < 4.78 is 2.37. The van der Waals surface area contributed by atoms with E-state index in [1.54, 1.807) is 0 Å². The number of rotatable bonds is 8. The minimum absolute atomic E-state index is 0.552. The molecule has 3 heterocycles. The summed E-state index contributed by atoms with van der Waals surface area (Å²) in [5.41, 5.74) is 15.1. The Morgan fingerprint density at radius 2 is 0.825 bits per heavy atom. The van der Waals surface area contributed by atoms with Crippen LogP contribution in [0.3, 0.4) is 0 Å². The molecular formula is C57H40N6. The highest BCUT2D eigenvalue weighted by atomic mass is 15.1. The van der Waals surface area contributed by atoms with Crippen LogP contribution in [0.25, 0.3) is 107 Å². The van der Waals surface area contributed by atoms with E-state index in [4.69, 9.17) is 24.9 Å². The number of fused-ring (bicyclic) bond motifs is 3. The van der Waals surface area contributed by atoms with Gasteiger partial charge in [-0.05, 0) is 60.9 Å². The molecule has 0 spiro atoms. The van der Waals surface area contributed by atoms with Crippen LogP contribution in [-0.2, 0) is 0 Å². The van der Waals surface area contributed by atoms with Crippen molar-refractivity contribution < 1.29 is 0 Å². The predicted molar refractivity (Wildman–Crippen MR) is 257 cm³/mol. The summed E-state index contributed by atoms with van der Waals surface area (Å²) in [4.78, 5) is 26.0. The lowest BCUT2D eigenvalue weighted by molar-refractivity contribution is 1.06. The number of hydrogen-bond donors (Lipinski definition) is 0. The molecule has 11 rings (SSSR count). The maximum absolute atomic E-state index is 5.31. The van der Waals surface area contributed by atoms with Crippen LogP contribution < -0.4 is 0 Å². The monoisotopic (exact) mass is 808 g/mol. The highest BCUT2D eigenvalue weighted by Crippen LogP contribution is 2.40. The first-order chi connectivity index (χ1) is 31.0. The Kier molecular flexibility index (Phi) is 9.51. The van der Waals surface area contributed by atoms with Crippen molar-refractivity contribution in [3.8, 4) is 84.9 Å². The molecule has 0 amide bonds. The van der Waals surface area contributed by atoms with Crippen molar-refractivity contribution in [2.75, 3.05) is 0 Å². The predicted octanol–water partition coefficient (Wildman–Crippen LogP) is 14.0. The summed E-state index contributed by atoms with van der Waals surface area (Å²) in [7, 11) is 0. The number of aromatic nitrogens is 6.